The maximum absolute atomic E-state index is 12.9. The van der Waals surface area contributed by atoms with E-state index in [2.05, 4.69) is 5.32 Å². The lowest BCUT2D eigenvalue weighted by atomic mass is 9.99. The summed E-state index contributed by atoms with van der Waals surface area (Å²) in [6.45, 7) is 5.09. The molecule has 0 bridgehead atoms. The van der Waals surface area contributed by atoms with E-state index >= 15 is 0 Å². The van der Waals surface area contributed by atoms with Crippen LogP contribution in [0.1, 0.15) is 24.0 Å². The number of hydrogen-bond donors (Lipinski definition) is 1. The third kappa shape index (κ3) is 5.53. The minimum atomic E-state index is -3.60. The number of amides is 1. The van der Waals surface area contributed by atoms with Crippen LogP contribution in [0, 0.1) is 19.8 Å². The van der Waals surface area contributed by atoms with Crippen molar-refractivity contribution in [1.82, 2.24) is 9.62 Å². The number of aryl methyl sites for hydroxylation is 2. The number of ether oxygens (including phenoxy) is 1. The molecule has 8 heteroatoms. The summed E-state index contributed by atoms with van der Waals surface area (Å²) in [6, 6.07) is 12.2. The standard InChI is InChI=1S/C22H27ClN2O4S/c1-16-5-9-20(10-6-16)30(27,28)25-12-3-4-18(15-25)22(26)24-11-13-29-19-8-7-17(2)21(23)14-19/h5-10,14,18H,3-4,11-13,15H2,1-2H3,(H,24,26)/t18-/m0/s1. The summed E-state index contributed by atoms with van der Waals surface area (Å²) in [5.41, 5.74) is 1.97. The number of rotatable bonds is 7. The number of halogens is 1. The van der Waals surface area contributed by atoms with Crippen molar-refractivity contribution in [2.45, 2.75) is 31.6 Å². The maximum Gasteiger partial charge on any atom is 0.243 e. The number of hydrogen-bond acceptors (Lipinski definition) is 4. The van der Waals surface area contributed by atoms with Crippen molar-refractivity contribution in [3.63, 3.8) is 0 Å². The lowest BCUT2D eigenvalue weighted by Gasteiger charge is -2.31. The molecule has 3 rings (SSSR count). The van der Waals surface area contributed by atoms with Gasteiger partial charge < -0.3 is 10.1 Å². The summed E-state index contributed by atoms with van der Waals surface area (Å²) in [4.78, 5) is 12.8. The third-order valence-corrected chi connectivity index (χ3v) is 7.51. The zero-order valence-corrected chi connectivity index (χ0v) is 18.8. The Hall–Kier alpha value is -2.09. The van der Waals surface area contributed by atoms with Gasteiger partial charge in [-0.3, -0.25) is 4.79 Å². The van der Waals surface area contributed by atoms with Gasteiger partial charge in [-0.05, 0) is 56.5 Å². The number of benzene rings is 2. The molecular formula is C22H27ClN2O4S. The molecule has 0 aliphatic carbocycles. The predicted octanol–water partition coefficient (Wildman–Crippen LogP) is 3.55. The number of carbonyl (C=O) groups excluding carboxylic acids is 1. The fourth-order valence-electron chi connectivity index (χ4n) is 3.38. The molecule has 0 unspecified atom stereocenters. The predicted molar refractivity (Wildman–Crippen MR) is 117 cm³/mol. The molecule has 1 N–H and O–H groups in total. The third-order valence-electron chi connectivity index (χ3n) is 5.23. The zero-order chi connectivity index (χ0) is 21.7. The summed E-state index contributed by atoms with van der Waals surface area (Å²) >= 11 is 6.08. The molecule has 30 heavy (non-hydrogen) atoms. The fourth-order valence-corrected chi connectivity index (χ4v) is 5.08. The first kappa shape index (κ1) is 22.6. The average Bonchev–Trinajstić information content (AvgIpc) is 2.74. The Morgan fingerprint density at radius 1 is 1.20 bits per heavy atom. The summed E-state index contributed by atoms with van der Waals surface area (Å²) in [5.74, 6) is 0.130. The number of piperidine rings is 1. The maximum atomic E-state index is 12.9. The minimum absolute atomic E-state index is 0.149. The highest BCUT2D eigenvalue weighted by Crippen LogP contribution is 2.24. The van der Waals surface area contributed by atoms with E-state index in [1.807, 2.05) is 26.0 Å². The van der Waals surface area contributed by atoms with Gasteiger partial charge in [-0.25, -0.2) is 8.42 Å². The number of sulfonamides is 1. The van der Waals surface area contributed by atoms with E-state index in [-0.39, 0.29) is 23.3 Å². The van der Waals surface area contributed by atoms with Crippen LogP contribution in [0.15, 0.2) is 47.4 Å². The van der Waals surface area contributed by atoms with Crippen LogP contribution >= 0.6 is 11.6 Å². The van der Waals surface area contributed by atoms with E-state index in [9.17, 15) is 13.2 Å². The molecule has 0 aromatic heterocycles. The highest BCUT2D eigenvalue weighted by molar-refractivity contribution is 7.89. The van der Waals surface area contributed by atoms with Gasteiger partial charge in [-0.2, -0.15) is 4.31 Å². The second-order valence-electron chi connectivity index (χ2n) is 7.57. The molecule has 1 fully saturated rings. The van der Waals surface area contributed by atoms with E-state index in [0.717, 1.165) is 11.1 Å². The van der Waals surface area contributed by atoms with Crippen LogP contribution in [0.4, 0.5) is 0 Å². The summed E-state index contributed by atoms with van der Waals surface area (Å²) < 4.78 is 32.8. The zero-order valence-electron chi connectivity index (χ0n) is 17.2. The van der Waals surface area contributed by atoms with Crippen molar-refractivity contribution in [2.75, 3.05) is 26.2 Å². The average molecular weight is 451 g/mol. The molecule has 1 atom stereocenters. The van der Waals surface area contributed by atoms with Crippen LogP contribution in [0.3, 0.4) is 0 Å². The second kappa shape index (κ2) is 9.81. The van der Waals surface area contributed by atoms with Crippen molar-refractivity contribution < 1.29 is 17.9 Å². The Kier molecular flexibility index (Phi) is 7.39. The largest absolute Gasteiger partial charge is 0.492 e. The Labute approximate surface area is 183 Å². The quantitative estimate of drug-likeness (QED) is 0.654. The lowest BCUT2D eigenvalue weighted by Crippen LogP contribution is -2.45. The minimum Gasteiger partial charge on any atom is -0.492 e. The second-order valence-corrected chi connectivity index (χ2v) is 9.91. The van der Waals surface area contributed by atoms with Gasteiger partial charge in [0.05, 0.1) is 17.4 Å². The molecule has 1 heterocycles. The Balaban J connectivity index is 1.51. The van der Waals surface area contributed by atoms with Crippen molar-refractivity contribution in [2.24, 2.45) is 5.92 Å². The van der Waals surface area contributed by atoms with Crippen molar-refractivity contribution >= 4 is 27.5 Å². The molecule has 1 aliphatic heterocycles. The fraction of sp³-hybridized carbons (Fsp3) is 0.409. The highest BCUT2D eigenvalue weighted by atomic mass is 35.5. The molecule has 0 spiro atoms. The lowest BCUT2D eigenvalue weighted by molar-refractivity contribution is -0.126. The summed E-state index contributed by atoms with van der Waals surface area (Å²) in [5, 5.41) is 3.48. The molecule has 6 nitrogen and oxygen atoms in total. The van der Waals surface area contributed by atoms with Gasteiger partial charge in [0.15, 0.2) is 0 Å². The van der Waals surface area contributed by atoms with Gasteiger partial charge in [-0.15, -0.1) is 0 Å². The molecule has 2 aromatic carbocycles. The van der Waals surface area contributed by atoms with Gasteiger partial charge in [0.2, 0.25) is 15.9 Å². The van der Waals surface area contributed by atoms with E-state index in [4.69, 9.17) is 16.3 Å². The van der Waals surface area contributed by atoms with Crippen molar-refractivity contribution in [3.8, 4) is 5.75 Å². The van der Waals surface area contributed by atoms with Gasteiger partial charge in [0.25, 0.3) is 0 Å². The van der Waals surface area contributed by atoms with Gasteiger partial charge in [0, 0.05) is 18.1 Å². The molecular weight excluding hydrogens is 424 g/mol. The Morgan fingerprint density at radius 3 is 2.63 bits per heavy atom. The molecule has 2 aromatic rings. The van der Waals surface area contributed by atoms with Crippen LogP contribution in [-0.2, 0) is 14.8 Å². The number of nitrogens with zero attached hydrogens (tertiary/aromatic N) is 1. The topological polar surface area (TPSA) is 75.7 Å². The van der Waals surface area contributed by atoms with Crippen LogP contribution in [-0.4, -0.2) is 44.9 Å². The monoisotopic (exact) mass is 450 g/mol. The van der Waals surface area contributed by atoms with Crippen LogP contribution < -0.4 is 10.1 Å². The first-order valence-corrected chi connectivity index (χ1v) is 11.8. The molecule has 1 amide bonds. The van der Waals surface area contributed by atoms with Gasteiger partial charge in [-0.1, -0.05) is 35.4 Å². The van der Waals surface area contributed by atoms with Crippen LogP contribution in [0.25, 0.3) is 0 Å². The summed E-state index contributed by atoms with van der Waals surface area (Å²) in [7, 11) is -3.60. The van der Waals surface area contributed by atoms with E-state index in [0.29, 0.717) is 43.3 Å². The first-order valence-electron chi connectivity index (χ1n) is 10.0. The van der Waals surface area contributed by atoms with Crippen LogP contribution in [0.2, 0.25) is 5.02 Å². The van der Waals surface area contributed by atoms with E-state index in [1.165, 1.54) is 4.31 Å². The Bertz CT molecular complexity index is 993. The SMILES string of the molecule is Cc1ccc(S(=O)(=O)N2CCC[C@H](C(=O)NCCOc3ccc(C)c(Cl)c3)C2)cc1. The summed E-state index contributed by atoms with van der Waals surface area (Å²) in [6.07, 6.45) is 1.32. The van der Waals surface area contributed by atoms with Crippen molar-refractivity contribution in [1.29, 1.82) is 0 Å². The van der Waals surface area contributed by atoms with E-state index in [1.54, 1.807) is 30.3 Å². The molecule has 0 saturated carbocycles. The van der Waals surface area contributed by atoms with Crippen LogP contribution in [0.5, 0.6) is 5.75 Å². The number of carbonyl (C=O) groups is 1. The number of nitrogens with one attached hydrogen (secondary N) is 1. The molecule has 162 valence electrons. The van der Waals surface area contributed by atoms with Crippen molar-refractivity contribution in [3.05, 3.63) is 58.6 Å². The first-order chi connectivity index (χ1) is 14.3. The smallest absolute Gasteiger partial charge is 0.243 e. The molecule has 1 aliphatic rings. The molecule has 0 radical (unpaired) electrons. The normalized spacial score (nSPS) is 17.5. The van der Waals surface area contributed by atoms with Gasteiger partial charge >= 0.3 is 0 Å². The highest BCUT2D eigenvalue weighted by Gasteiger charge is 2.33. The van der Waals surface area contributed by atoms with E-state index < -0.39 is 10.0 Å². The molecule has 1 saturated heterocycles. The Morgan fingerprint density at radius 2 is 1.93 bits per heavy atom. The van der Waals surface area contributed by atoms with Gasteiger partial charge in [0.1, 0.15) is 12.4 Å².